The summed E-state index contributed by atoms with van der Waals surface area (Å²) >= 11 is 1.33. The summed E-state index contributed by atoms with van der Waals surface area (Å²) in [6, 6.07) is 7.48. The van der Waals surface area contributed by atoms with Gasteiger partial charge in [-0.05, 0) is 17.7 Å². The maximum Gasteiger partial charge on any atom is 0.265 e. The normalized spacial score (nSPS) is 17.7. The topological polar surface area (TPSA) is 62.7 Å². The van der Waals surface area contributed by atoms with E-state index in [0.29, 0.717) is 24.5 Å². The van der Waals surface area contributed by atoms with Gasteiger partial charge in [0.05, 0.1) is 24.9 Å². The van der Waals surface area contributed by atoms with Crippen LogP contribution in [0.3, 0.4) is 0 Å². The van der Waals surface area contributed by atoms with Crippen molar-refractivity contribution in [3.05, 3.63) is 46.4 Å². The van der Waals surface area contributed by atoms with E-state index >= 15 is 0 Å². The molecule has 2 aromatic rings. The van der Waals surface area contributed by atoms with Crippen LogP contribution in [-0.2, 0) is 4.79 Å². The van der Waals surface area contributed by atoms with Crippen molar-refractivity contribution in [2.45, 2.75) is 13.0 Å². The number of hydrogen-bond donors (Lipinski definition) is 0. The summed E-state index contributed by atoms with van der Waals surface area (Å²) in [6.07, 6.45) is 1.59. The number of ether oxygens (including phenoxy) is 1. The van der Waals surface area contributed by atoms with Gasteiger partial charge in [0.25, 0.3) is 5.91 Å². The SMILES string of the molecule is COc1ccc([C@@H]2CN(C(=O)c3cncs3)CCN2C(C)=O)cc1. The first-order valence-corrected chi connectivity index (χ1v) is 8.57. The molecule has 2 amide bonds. The third-order valence-electron chi connectivity index (χ3n) is 4.22. The lowest BCUT2D eigenvalue weighted by Gasteiger charge is -2.41. The summed E-state index contributed by atoms with van der Waals surface area (Å²) in [7, 11) is 1.62. The minimum absolute atomic E-state index is 0.0145. The van der Waals surface area contributed by atoms with E-state index in [1.165, 1.54) is 11.3 Å². The third-order valence-corrected chi connectivity index (χ3v) is 4.98. The van der Waals surface area contributed by atoms with E-state index in [1.54, 1.807) is 30.6 Å². The van der Waals surface area contributed by atoms with Crippen LogP contribution in [0.4, 0.5) is 0 Å². The van der Waals surface area contributed by atoms with E-state index in [0.717, 1.165) is 11.3 Å². The largest absolute Gasteiger partial charge is 0.497 e. The lowest BCUT2D eigenvalue weighted by Crippen LogP contribution is -2.51. The molecule has 0 bridgehead atoms. The highest BCUT2D eigenvalue weighted by Crippen LogP contribution is 2.28. The van der Waals surface area contributed by atoms with Crippen molar-refractivity contribution in [3.8, 4) is 5.75 Å². The molecule has 1 aromatic heterocycles. The molecule has 0 spiro atoms. The van der Waals surface area contributed by atoms with Gasteiger partial charge in [-0.25, -0.2) is 0 Å². The van der Waals surface area contributed by atoms with Gasteiger partial charge in [0.15, 0.2) is 0 Å². The van der Waals surface area contributed by atoms with Crippen molar-refractivity contribution in [2.75, 3.05) is 26.7 Å². The molecule has 2 heterocycles. The number of rotatable bonds is 3. The first-order chi connectivity index (χ1) is 11.6. The highest BCUT2D eigenvalue weighted by molar-refractivity contribution is 7.11. The average molecular weight is 345 g/mol. The number of thiazole rings is 1. The van der Waals surface area contributed by atoms with Gasteiger partial charge in [0.2, 0.25) is 5.91 Å². The summed E-state index contributed by atoms with van der Waals surface area (Å²) in [5, 5.41) is 0. The Kier molecular flexibility index (Phi) is 4.80. The van der Waals surface area contributed by atoms with Gasteiger partial charge in [0.1, 0.15) is 10.6 Å². The minimum atomic E-state index is -0.154. The van der Waals surface area contributed by atoms with E-state index in [4.69, 9.17) is 4.74 Å². The molecule has 3 rings (SSSR count). The van der Waals surface area contributed by atoms with E-state index in [1.807, 2.05) is 29.2 Å². The van der Waals surface area contributed by atoms with Gasteiger partial charge < -0.3 is 14.5 Å². The number of nitrogens with zero attached hydrogens (tertiary/aromatic N) is 3. The fourth-order valence-corrected chi connectivity index (χ4v) is 3.52. The van der Waals surface area contributed by atoms with Crippen molar-refractivity contribution < 1.29 is 14.3 Å². The van der Waals surface area contributed by atoms with Crippen LogP contribution in [-0.4, -0.2) is 53.3 Å². The summed E-state index contributed by atoms with van der Waals surface area (Å²) in [5.74, 6) is 0.751. The molecule has 0 N–H and O–H groups in total. The van der Waals surface area contributed by atoms with Gasteiger partial charge in [-0.2, -0.15) is 0 Å². The summed E-state index contributed by atoms with van der Waals surface area (Å²) < 4.78 is 5.19. The smallest absolute Gasteiger partial charge is 0.265 e. The second kappa shape index (κ2) is 7.00. The Bertz CT molecular complexity index is 715. The third kappa shape index (κ3) is 3.26. The van der Waals surface area contributed by atoms with E-state index < -0.39 is 0 Å². The highest BCUT2D eigenvalue weighted by Gasteiger charge is 2.32. The first kappa shape index (κ1) is 16.4. The molecule has 0 unspecified atom stereocenters. The monoisotopic (exact) mass is 345 g/mol. The zero-order chi connectivity index (χ0) is 17.1. The van der Waals surface area contributed by atoms with Crippen molar-refractivity contribution in [2.24, 2.45) is 0 Å². The van der Waals surface area contributed by atoms with Crippen LogP contribution in [0.15, 0.2) is 36.0 Å². The van der Waals surface area contributed by atoms with E-state index in [-0.39, 0.29) is 17.9 Å². The molecule has 0 radical (unpaired) electrons. The van der Waals surface area contributed by atoms with Gasteiger partial charge in [0, 0.05) is 26.6 Å². The molecule has 1 aliphatic rings. The molecule has 1 fully saturated rings. The Hall–Kier alpha value is -2.41. The number of piperazine rings is 1. The highest BCUT2D eigenvalue weighted by atomic mass is 32.1. The summed E-state index contributed by atoms with van der Waals surface area (Å²) in [5.41, 5.74) is 2.65. The van der Waals surface area contributed by atoms with Crippen molar-refractivity contribution >= 4 is 23.2 Å². The van der Waals surface area contributed by atoms with Gasteiger partial charge in [-0.15, -0.1) is 11.3 Å². The Morgan fingerprint density at radius 1 is 1.25 bits per heavy atom. The Balaban J connectivity index is 1.84. The fourth-order valence-electron chi connectivity index (χ4n) is 2.93. The number of carbonyl (C=O) groups excluding carboxylic acids is 2. The van der Waals surface area contributed by atoms with Crippen LogP contribution in [0.1, 0.15) is 28.2 Å². The van der Waals surface area contributed by atoms with Gasteiger partial charge in [-0.3, -0.25) is 14.6 Å². The van der Waals surface area contributed by atoms with Gasteiger partial charge in [-0.1, -0.05) is 12.1 Å². The first-order valence-electron chi connectivity index (χ1n) is 7.69. The van der Waals surface area contributed by atoms with Crippen molar-refractivity contribution in [1.29, 1.82) is 0 Å². The predicted molar refractivity (Wildman–Crippen MR) is 91.1 cm³/mol. The standard InChI is InChI=1S/C17H19N3O3S/c1-12(21)20-8-7-19(17(22)16-9-18-11-24-16)10-15(20)13-3-5-14(23-2)6-4-13/h3-6,9,11,15H,7-8,10H2,1-2H3/t15-/m0/s1. The molecule has 1 aliphatic heterocycles. The molecule has 7 heteroatoms. The van der Waals surface area contributed by atoms with Crippen LogP contribution in [0.25, 0.3) is 0 Å². The number of aromatic nitrogens is 1. The van der Waals surface area contributed by atoms with Crippen LogP contribution < -0.4 is 4.74 Å². The molecule has 1 saturated heterocycles. The van der Waals surface area contributed by atoms with Crippen LogP contribution >= 0.6 is 11.3 Å². The van der Waals surface area contributed by atoms with Crippen LogP contribution in [0, 0.1) is 0 Å². The number of benzene rings is 1. The van der Waals surface area contributed by atoms with Crippen LogP contribution in [0.5, 0.6) is 5.75 Å². The lowest BCUT2D eigenvalue weighted by molar-refractivity contribution is -0.133. The fraction of sp³-hybridized carbons (Fsp3) is 0.353. The molecule has 6 nitrogen and oxygen atoms in total. The quantitative estimate of drug-likeness (QED) is 0.855. The number of amides is 2. The molecule has 126 valence electrons. The Morgan fingerprint density at radius 3 is 2.58 bits per heavy atom. The second-order valence-electron chi connectivity index (χ2n) is 5.62. The molecule has 24 heavy (non-hydrogen) atoms. The van der Waals surface area contributed by atoms with Crippen molar-refractivity contribution in [3.63, 3.8) is 0 Å². The molecule has 0 saturated carbocycles. The molecular weight excluding hydrogens is 326 g/mol. The van der Waals surface area contributed by atoms with Crippen molar-refractivity contribution in [1.82, 2.24) is 14.8 Å². The zero-order valence-corrected chi connectivity index (χ0v) is 14.5. The Labute approximate surface area is 144 Å². The summed E-state index contributed by atoms with van der Waals surface area (Å²) in [6.45, 7) is 3.10. The maximum absolute atomic E-state index is 12.6. The zero-order valence-electron chi connectivity index (χ0n) is 13.6. The number of hydrogen-bond acceptors (Lipinski definition) is 5. The average Bonchev–Trinajstić information content (AvgIpc) is 3.15. The van der Waals surface area contributed by atoms with Crippen LogP contribution in [0.2, 0.25) is 0 Å². The summed E-state index contributed by atoms with van der Waals surface area (Å²) in [4.78, 5) is 32.8. The number of methoxy groups -OCH3 is 1. The lowest BCUT2D eigenvalue weighted by atomic mass is 10.0. The van der Waals surface area contributed by atoms with E-state index in [9.17, 15) is 9.59 Å². The molecule has 0 aliphatic carbocycles. The molecule has 1 aromatic carbocycles. The predicted octanol–water partition coefficient (Wildman–Crippen LogP) is 2.20. The van der Waals surface area contributed by atoms with Gasteiger partial charge >= 0.3 is 0 Å². The maximum atomic E-state index is 12.6. The van der Waals surface area contributed by atoms with E-state index in [2.05, 4.69) is 4.98 Å². The minimum Gasteiger partial charge on any atom is -0.497 e. The molecular formula is C17H19N3O3S. The molecule has 1 atom stereocenters. The second-order valence-corrected chi connectivity index (χ2v) is 6.50. The number of carbonyl (C=O) groups is 2. The Morgan fingerprint density at radius 2 is 2.00 bits per heavy atom.